The van der Waals surface area contributed by atoms with Gasteiger partial charge < -0.3 is 4.90 Å². The van der Waals surface area contributed by atoms with Crippen LogP contribution in [0.4, 0.5) is 0 Å². The third-order valence-corrected chi connectivity index (χ3v) is 5.40. The molecule has 118 valence electrons. The zero-order valence-electron chi connectivity index (χ0n) is 12.9. The maximum atomic E-state index is 12.5. The first-order chi connectivity index (χ1) is 9.92. The molecule has 0 saturated carbocycles. The molecule has 1 aliphatic heterocycles. The van der Waals surface area contributed by atoms with Gasteiger partial charge in [0.05, 0.1) is 11.7 Å². The molecule has 7 heteroatoms. The highest BCUT2D eigenvalue weighted by Gasteiger charge is 2.28. The second kappa shape index (κ2) is 6.83. The van der Waals surface area contributed by atoms with Gasteiger partial charge in [0.25, 0.3) is 10.2 Å². The van der Waals surface area contributed by atoms with Gasteiger partial charge in [-0.05, 0) is 32.5 Å². The number of aryl methyl sites for hydroxylation is 1. The minimum atomic E-state index is -3.46. The number of hydrogen-bond donors (Lipinski definition) is 1. The van der Waals surface area contributed by atoms with Gasteiger partial charge in [-0.15, -0.1) is 0 Å². The standard InChI is InChI=1S/C14H24N4O2S/c1-4-13(14-7-5-6-12(2)15-14)16-21(19,20)18-10-8-17(3)9-11-18/h5-7,13,16H,4,8-11H2,1-3H3. The maximum Gasteiger partial charge on any atom is 0.280 e. The van der Waals surface area contributed by atoms with Crippen LogP contribution in [0.2, 0.25) is 0 Å². The van der Waals surface area contributed by atoms with Crippen molar-refractivity contribution in [1.82, 2.24) is 18.9 Å². The van der Waals surface area contributed by atoms with Gasteiger partial charge in [0.1, 0.15) is 0 Å². The molecule has 0 bridgehead atoms. The van der Waals surface area contributed by atoms with E-state index in [-0.39, 0.29) is 6.04 Å². The summed E-state index contributed by atoms with van der Waals surface area (Å²) in [4.78, 5) is 6.56. The maximum absolute atomic E-state index is 12.5. The second-order valence-electron chi connectivity index (χ2n) is 5.49. The predicted molar refractivity (Wildman–Crippen MR) is 83.1 cm³/mol. The first-order valence-corrected chi connectivity index (χ1v) is 8.76. The van der Waals surface area contributed by atoms with Gasteiger partial charge >= 0.3 is 0 Å². The summed E-state index contributed by atoms with van der Waals surface area (Å²) in [6.07, 6.45) is 0.670. The molecule has 1 aromatic rings. The van der Waals surface area contributed by atoms with E-state index in [4.69, 9.17) is 0 Å². The smallest absolute Gasteiger partial charge is 0.280 e. The third-order valence-electron chi connectivity index (χ3n) is 3.77. The summed E-state index contributed by atoms with van der Waals surface area (Å²) < 4.78 is 29.3. The zero-order valence-corrected chi connectivity index (χ0v) is 13.7. The van der Waals surface area contributed by atoms with E-state index in [9.17, 15) is 8.42 Å². The highest BCUT2D eigenvalue weighted by Crippen LogP contribution is 2.17. The van der Waals surface area contributed by atoms with Crippen molar-refractivity contribution in [2.24, 2.45) is 0 Å². The first-order valence-electron chi connectivity index (χ1n) is 7.32. The Labute approximate surface area is 127 Å². The summed E-state index contributed by atoms with van der Waals surface area (Å²) in [7, 11) is -1.46. The van der Waals surface area contributed by atoms with Crippen molar-refractivity contribution >= 4 is 10.2 Å². The van der Waals surface area contributed by atoms with Crippen LogP contribution in [-0.4, -0.2) is 55.8 Å². The molecule has 1 aromatic heterocycles. The lowest BCUT2D eigenvalue weighted by Crippen LogP contribution is -2.51. The number of nitrogens with one attached hydrogen (secondary N) is 1. The molecule has 2 rings (SSSR count). The molecule has 2 heterocycles. The molecule has 1 N–H and O–H groups in total. The highest BCUT2D eigenvalue weighted by molar-refractivity contribution is 7.87. The Morgan fingerprint density at radius 2 is 1.95 bits per heavy atom. The third kappa shape index (κ3) is 4.23. The van der Waals surface area contributed by atoms with Gasteiger partial charge in [-0.3, -0.25) is 4.98 Å². The summed E-state index contributed by atoms with van der Waals surface area (Å²) in [6.45, 7) is 6.46. The van der Waals surface area contributed by atoms with E-state index in [1.807, 2.05) is 39.1 Å². The van der Waals surface area contributed by atoms with Gasteiger partial charge in [0.15, 0.2) is 0 Å². The summed E-state index contributed by atoms with van der Waals surface area (Å²) in [5, 5.41) is 0. The highest BCUT2D eigenvalue weighted by atomic mass is 32.2. The molecule has 6 nitrogen and oxygen atoms in total. The average Bonchev–Trinajstić information content (AvgIpc) is 2.45. The van der Waals surface area contributed by atoms with Crippen LogP contribution in [0.3, 0.4) is 0 Å². The van der Waals surface area contributed by atoms with Crippen LogP contribution in [-0.2, 0) is 10.2 Å². The molecular weight excluding hydrogens is 288 g/mol. The summed E-state index contributed by atoms with van der Waals surface area (Å²) >= 11 is 0. The Bertz CT molecular complexity index is 568. The molecular formula is C14H24N4O2S. The monoisotopic (exact) mass is 312 g/mol. The van der Waals surface area contributed by atoms with E-state index in [1.165, 1.54) is 4.31 Å². The Morgan fingerprint density at radius 1 is 1.29 bits per heavy atom. The average molecular weight is 312 g/mol. The molecule has 1 fully saturated rings. The summed E-state index contributed by atoms with van der Waals surface area (Å²) in [6, 6.07) is 5.40. The number of likely N-dealkylation sites (N-methyl/N-ethyl adjacent to an activating group) is 1. The fourth-order valence-electron chi connectivity index (χ4n) is 2.39. The van der Waals surface area contributed by atoms with Crippen LogP contribution in [0.25, 0.3) is 0 Å². The minimum absolute atomic E-state index is 0.283. The Hall–Kier alpha value is -1.02. The molecule has 21 heavy (non-hydrogen) atoms. The lowest BCUT2D eigenvalue weighted by atomic mass is 10.1. The van der Waals surface area contributed by atoms with E-state index in [2.05, 4.69) is 14.6 Å². The lowest BCUT2D eigenvalue weighted by molar-refractivity contribution is 0.220. The molecule has 0 aliphatic carbocycles. The van der Waals surface area contributed by atoms with Crippen LogP contribution < -0.4 is 4.72 Å². The van der Waals surface area contributed by atoms with E-state index < -0.39 is 10.2 Å². The van der Waals surface area contributed by atoms with Crippen molar-refractivity contribution in [3.8, 4) is 0 Å². The number of hydrogen-bond acceptors (Lipinski definition) is 4. The van der Waals surface area contributed by atoms with Crippen LogP contribution in [0.15, 0.2) is 18.2 Å². The van der Waals surface area contributed by atoms with Crippen molar-refractivity contribution in [2.45, 2.75) is 26.3 Å². The van der Waals surface area contributed by atoms with E-state index >= 15 is 0 Å². The van der Waals surface area contributed by atoms with Gasteiger partial charge in [-0.2, -0.15) is 17.4 Å². The van der Waals surface area contributed by atoms with Crippen LogP contribution in [0, 0.1) is 6.92 Å². The van der Waals surface area contributed by atoms with Gasteiger partial charge in [0, 0.05) is 31.9 Å². The molecule has 0 radical (unpaired) electrons. The largest absolute Gasteiger partial charge is 0.304 e. The number of rotatable bonds is 5. The van der Waals surface area contributed by atoms with Crippen molar-refractivity contribution in [3.05, 3.63) is 29.6 Å². The van der Waals surface area contributed by atoms with Gasteiger partial charge in [0.2, 0.25) is 0 Å². The molecule has 0 aromatic carbocycles. The molecule has 0 spiro atoms. The van der Waals surface area contributed by atoms with E-state index in [1.54, 1.807) is 0 Å². The predicted octanol–water partition coefficient (Wildman–Crippen LogP) is 0.923. The Morgan fingerprint density at radius 3 is 2.52 bits per heavy atom. The minimum Gasteiger partial charge on any atom is -0.304 e. The van der Waals surface area contributed by atoms with Crippen LogP contribution in [0.5, 0.6) is 0 Å². The fourth-order valence-corrected chi connectivity index (χ4v) is 3.83. The normalized spacial score (nSPS) is 19.6. The quantitative estimate of drug-likeness (QED) is 0.878. The van der Waals surface area contributed by atoms with Crippen molar-refractivity contribution in [3.63, 3.8) is 0 Å². The first kappa shape index (κ1) is 16.4. The fraction of sp³-hybridized carbons (Fsp3) is 0.643. The molecule has 1 atom stereocenters. The number of pyridine rings is 1. The van der Waals surface area contributed by atoms with Crippen molar-refractivity contribution in [2.75, 3.05) is 33.2 Å². The molecule has 1 unspecified atom stereocenters. The SMILES string of the molecule is CCC(NS(=O)(=O)N1CCN(C)CC1)c1cccc(C)n1. The summed E-state index contributed by atoms with van der Waals surface area (Å²) in [5.74, 6) is 0. The van der Waals surface area contributed by atoms with E-state index in [0.29, 0.717) is 19.5 Å². The molecule has 0 amide bonds. The van der Waals surface area contributed by atoms with Crippen molar-refractivity contribution < 1.29 is 8.42 Å². The topological polar surface area (TPSA) is 65.5 Å². The number of aromatic nitrogens is 1. The Kier molecular flexibility index (Phi) is 5.32. The second-order valence-corrected chi connectivity index (χ2v) is 7.19. The number of piperazine rings is 1. The molecule has 1 aliphatic rings. The zero-order chi connectivity index (χ0) is 15.5. The van der Waals surface area contributed by atoms with E-state index in [0.717, 1.165) is 24.5 Å². The summed E-state index contributed by atoms with van der Waals surface area (Å²) in [5.41, 5.74) is 1.67. The van der Waals surface area contributed by atoms with Gasteiger partial charge in [-0.25, -0.2) is 0 Å². The number of nitrogens with zero attached hydrogens (tertiary/aromatic N) is 3. The van der Waals surface area contributed by atoms with Crippen LogP contribution in [0.1, 0.15) is 30.8 Å². The van der Waals surface area contributed by atoms with Gasteiger partial charge in [-0.1, -0.05) is 13.0 Å². The lowest BCUT2D eigenvalue weighted by Gasteiger charge is -2.32. The van der Waals surface area contributed by atoms with Crippen LogP contribution >= 0.6 is 0 Å². The van der Waals surface area contributed by atoms with Crippen molar-refractivity contribution in [1.29, 1.82) is 0 Å². The Balaban J connectivity index is 2.10. The molecule has 1 saturated heterocycles.